The van der Waals surface area contributed by atoms with Crippen molar-refractivity contribution in [1.82, 2.24) is 19.5 Å². The molecule has 2 aromatic heterocycles. The fourth-order valence-corrected chi connectivity index (χ4v) is 4.47. The zero-order valence-corrected chi connectivity index (χ0v) is 18.9. The zero-order valence-electron chi connectivity index (χ0n) is 18.2. The standard InChI is InChI=1S/C22H25ClN6O4/c1-22(12-30)8-14-6-17(18(7-19(14)33-22)28-4-2-27(13-31)3-5-28)26-21(32)16-10-25-29-11-15(23)9-24-20(16)29/h6-7,9-11,30-31H,2-5,8,12-13H2,1H3,(H,26,32)/t22-/m1/s1. The molecule has 1 aromatic carbocycles. The average Bonchev–Trinajstić information content (AvgIpc) is 3.38. The number of piperazine rings is 1. The van der Waals surface area contributed by atoms with Gasteiger partial charge in [0.05, 0.1) is 42.1 Å². The Morgan fingerprint density at radius 1 is 1.24 bits per heavy atom. The lowest BCUT2D eigenvalue weighted by Crippen LogP contribution is -2.46. The second kappa shape index (κ2) is 8.45. The molecule has 5 rings (SSSR count). The van der Waals surface area contributed by atoms with E-state index in [2.05, 4.69) is 20.3 Å². The third-order valence-electron chi connectivity index (χ3n) is 6.16. The molecule has 0 bridgehead atoms. The summed E-state index contributed by atoms with van der Waals surface area (Å²) in [6.07, 6.45) is 5.07. The maximum atomic E-state index is 13.2. The fraction of sp³-hybridized carbons (Fsp3) is 0.409. The summed E-state index contributed by atoms with van der Waals surface area (Å²) >= 11 is 5.98. The molecule has 174 valence electrons. The van der Waals surface area contributed by atoms with Crippen LogP contribution >= 0.6 is 11.6 Å². The van der Waals surface area contributed by atoms with Crippen molar-refractivity contribution in [3.05, 3.63) is 46.9 Å². The number of nitrogens with zero attached hydrogens (tertiary/aromatic N) is 5. The summed E-state index contributed by atoms with van der Waals surface area (Å²) in [6.45, 7) is 4.56. The lowest BCUT2D eigenvalue weighted by molar-refractivity contribution is 0.0446. The largest absolute Gasteiger partial charge is 0.484 e. The van der Waals surface area contributed by atoms with Crippen molar-refractivity contribution in [2.24, 2.45) is 0 Å². The highest BCUT2D eigenvalue weighted by Crippen LogP contribution is 2.42. The van der Waals surface area contributed by atoms with E-state index in [0.717, 1.165) is 11.3 Å². The van der Waals surface area contributed by atoms with Gasteiger partial charge in [0, 0.05) is 50.4 Å². The van der Waals surface area contributed by atoms with E-state index >= 15 is 0 Å². The molecule has 1 saturated heterocycles. The van der Waals surface area contributed by atoms with E-state index in [1.54, 1.807) is 6.20 Å². The van der Waals surface area contributed by atoms with E-state index in [1.807, 2.05) is 24.0 Å². The number of nitrogens with one attached hydrogen (secondary N) is 1. The minimum absolute atomic E-state index is 0.0192. The number of hydrogen-bond donors (Lipinski definition) is 3. The van der Waals surface area contributed by atoms with Gasteiger partial charge in [0.1, 0.15) is 16.9 Å². The molecule has 0 saturated carbocycles. The van der Waals surface area contributed by atoms with Crippen LogP contribution in [0.25, 0.3) is 5.65 Å². The number of anilines is 2. The Morgan fingerprint density at radius 3 is 2.76 bits per heavy atom. The highest BCUT2D eigenvalue weighted by Gasteiger charge is 2.36. The maximum absolute atomic E-state index is 13.2. The molecule has 1 atom stereocenters. The second-order valence-electron chi connectivity index (χ2n) is 8.66. The van der Waals surface area contributed by atoms with Crippen LogP contribution in [0.5, 0.6) is 5.75 Å². The van der Waals surface area contributed by atoms with Gasteiger partial charge in [0.2, 0.25) is 0 Å². The zero-order chi connectivity index (χ0) is 23.2. The lowest BCUT2D eigenvalue weighted by Gasteiger charge is -2.36. The first kappa shape index (κ1) is 21.9. The van der Waals surface area contributed by atoms with Crippen molar-refractivity contribution in [3.8, 4) is 5.75 Å². The van der Waals surface area contributed by atoms with Gasteiger partial charge in [-0.2, -0.15) is 5.10 Å². The van der Waals surface area contributed by atoms with Crippen molar-refractivity contribution in [2.45, 2.75) is 18.9 Å². The highest BCUT2D eigenvalue weighted by molar-refractivity contribution is 6.30. The van der Waals surface area contributed by atoms with Gasteiger partial charge >= 0.3 is 0 Å². The molecule has 3 aromatic rings. The summed E-state index contributed by atoms with van der Waals surface area (Å²) in [5.74, 6) is 0.371. The summed E-state index contributed by atoms with van der Waals surface area (Å²) < 4.78 is 7.51. The van der Waals surface area contributed by atoms with E-state index in [1.165, 1.54) is 16.9 Å². The Bertz CT molecular complexity index is 1210. The lowest BCUT2D eigenvalue weighted by atomic mass is 9.99. The van der Waals surface area contributed by atoms with E-state index in [-0.39, 0.29) is 19.2 Å². The number of ether oxygens (including phenoxy) is 1. The molecule has 4 heterocycles. The molecule has 1 amide bonds. The van der Waals surface area contributed by atoms with Gasteiger partial charge in [-0.05, 0) is 13.0 Å². The summed E-state index contributed by atoms with van der Waals surface area (Å²) in [5.41, 5.74) is 2.45. The first-order valence-electron chi connectivity index (χ1n) is 10.7. The number of fused-ring (bicyclic) bond motifs is 2. The van der Waals surface area contributed by atoms with Gasteiger partial charge in [0.25, 0.3) is 5.91 Å². The van der Waals surface area contributed by atoms with Gasteiger partial charge in [0.15, 0.2) is 5.65 Å². The van der Waals surface area contributed by atoms with Crippen LogP contribution in [0.2, 0.25) is 5.02 Å². The predicted octanol–water partition coefficient (Wildman–Crippen LogP) is 1.39. The topological polar surface area (TPSA) is 115 Å². The fourth-order valence-electron chi connectivity index (χ4n) is 4.33. The first-order chi connectivity index (χ1) is 15.9. The molecular weight excluding hydrogens is 448 g/mol. The molecule has 0 radical (unpaired) electrons. The summed E-state index contributed by atoms with van der Waals surface area (Å²) in [7, 11) is 0. The smallest absolute Gasteiger partial charge is 0.261 e. The molecule has 2 aliphatic heterocycles. The van der Waals surface area contributed by atoms with E-state index < -0.39 is 5.60 Å². The number of aliphatic hydroxyl groups excluding tert-OH is 2. The van der Waals surface area contributed by atoms with Crippen LogP contribution in [-0.2, 0) is 6.42 Å². The number of halogens is 1. The number of carbonyl (C=O) groups excluding carboxylic acids is 1. The van der Waals surface area contributed by atoms with E-state index in [0.29, 0.717) is 60.3 Å². The summed E-state index contributed by atoms with van der Waals surface area (Å²) in [4.78, 5) is 21.6. The quantitative estimate of drug-likeness (QED) is 0.510. The first-order valence-corrected chi connectivity index (χ1v) is 11.1. The molecule has 3 N–H and O–H groups in total. The summed E-state index contributed by atoms with van der Waals surface area (Å²) in [5, 5.41) is 26.8. The van der Waals surface area contributed by atoms with Gasteiger partial charge in [-0.1, -0.05) is 11.6 Å². The average molecular weight is 473 g/mol. The van der Waals surface area contributed by atoms with Crippen LogP contribution in [0.1, 0.15) is 22.8 Å². The Labute approximate surface area is 195 Å². The predicted molar refractivity (Wildman–Crippen MR) is 123 cm³/mol. The van der Waals surface area contributed by atoms with Crippen LogP contribution in [0.3, 0.4) is 0 Å². The Morgan fingerprint density at radius 2 is 2.03 bits per heavy atom. The van der Waals surface area contributed by atoms with Crippen molar-refractivity contribution in [1.29, 1.82) is 0 Å². The third-order valence-corrected chi connectivity index (χ3v) is 6.36. The second-order valence-corrected chi connectivity index (χ2v) is 9.10. The van der Waals surface area contributed by atoms with Crippen LogP contribution < -0.4 is 15.0 Å². The Balaban J connectivity index is 1.49. The summed E-state index contributed by atoms with van der Waals surface area (Å²) in [6, 6.07) is 3.84. The molecule has 0 unspecified atom stereocenters. The normalized spacial score (nSPS) is 20.7. The molecule has 1 fully saturated rings. The molecule has 0 spiro atoms. The van der Waals surface area contributed by atoms with Crippen molar-refractivity contribution < 1.29 is 19.7 Å². The molecule has 11 heteroatoms. The SMILES string of the molecule is C[C@]1(CO)Cc2cc(NC(=O)c3cnn4cc(Cl)cnc34)c(N3CCN(CO)CC3)cc2O1. The molecule has 10 nitrogen and oxygen atoms in total. The molecular formula is C22H25ClN6O4. The number of aliphatic hydroxyl groups is 2. The minimum Gasteiger partial charge on any atom is -0.484 e. The number of carbonyl (C=O) groups is 1. The Hall–Kier alpha value is -2.92. The highest BCUT2D eigenvalue weighted by atomic mass is 35.5. The van der Waals surface area contributed by atoms with Crippen LogP contribution in [0.15, 0.2) is 30.7 Å². The Kier molecular flexibility index (Phi) is 5.61. The molecule has 2 aliphatic rings. The van der Waals surface area contributed by atoms with Crippen molar-refractivity contribution >= 4 is 34.5 Å². The van der Waals surface area contributed by atoms with Gasteiger partial charge < -0.3 is 25.2 Å². The van der Waals surface area contributed by atoms with Crippen molar-refractivity contribution in [3.63, 3.8) is 0 Å². The number of benzene rings is 1. The van der Waals surface area contributed by atoms with Crippen LogP contribution in [0.4, 0.5) is 11.4 Å². The number of rotatable bonds is 5. The molecule has 33 heavy (non-hydrogen) atoms. The van der Waals surface area contributed by atoms with E-state index in [9.17, 15) is 15.0 Å². The number of amides is 1. The van der Waals surface area contributed by atoms with Crippen LogP contribution in [0, 0.1) is 0 Å². The number of aromatic nitrogens is 3. The van der Waals surface area contributed by atoms with E-state index in [4.69, 9.17) is 16.3 Å². The van der Waals surface area contributed by atoms with Gasteiger partial charge in [-0.15, -0.1) is 0 Å². The monoisotopic (exact) mass is 472 g/mol. The van der Waals surface area contributed by atoms with Gasteiger partial charge in [-0.25, -0.2) is 9.50 Å². The van der Waals surface area contributed by atoms with Gasteiger partial charge in [-0.3, -0.25) is 9.69 Å². The number of hydrogen-bond acceptors (Lipinski definition) is 8. The molecule has 0 aliphatic carbocycles. The maximum Gasteiger partial charge on any atom is 0.261 e. The van der Waals surface area contributed by atoms with Crippen LogP contribution in [-0.4, -0.2) is 80.7 Å². The van der Waals surface area contributed by atoms with Crippen molar-refractivity contribution in [2.75, 3.05) is 49.7 Å². The third kappa shape index (κ3) is 4.10. The minimum atomic E-state index is -0.691.